The van der Waals surface area contributed by atoms with Gasteiger partial charge in [0, 0.05) is 50.9 Å². The van der Waals surface area contributed by atoms with Crippen LogP contribution in [-0.2, 0) is 11.3 Å². The second kappa shape index (κ2) is 6.92. The van der Waals surface area contributed by atoms with Gasteiger partial charge in [0.05, 0.1) is 0 Å². The van der Waals surface area contributed by atoms with Gasteiger partial charge in [-0.25, -0.2) is 0 Å². The molecular formula is C19H23N3O. The minimum atomic E-state index is 0.0374. The average Bonchev–Trinajstić information content (AvgIpc) is 2.90. The molecule has 3 rings (SSSR count). The third-order valence-electron chi connectivity index (χ3n) is 4.42. The Morgan fingerprint density at radius 3 is 2.70 bits per heavy atom. The van der Waals surface area contributed by atoms with E-state index in [1.54, 1.807) is 13.1 Å². The highest BCUT2D eigenvalue weighted by Crippen LogP contribution is 2.29. The summed E-state index contributed by atoms with van der Waals surface area (Å²) in [7, 11) is 0. The summed E-state index contributed by atoms with van der Waals surface area (Å²) in [4.78, 5) is 18.1. The summed E-state index contributed by atoms with van der Waals surface area (Å²) in [5, 5.41) is 3.12. The molecule has 0 bridgehead atoms. The minimum absolute atomic E-state index is 0.0374. The van der Waals surface area contributed by atoms with Gasteiger partial charge in [-0.3, -0.25) is 14.7 Å². The number of hydrogen-bond acceptors (Lipinski definition) is 3. The van der Waals surface area contributed by atoms with E-state index in [0.29, 0.717) is 5.92 Å². The van der Waals surface area contributed by atoms with Gasteiger partial charge in [-0.2, -0.15) is 0 Å². The van der Waals surface area contributed by atoms with Gasteiger partial charge in [-0.15, -0.1) is 0 Å². The quantitative estimate of drug-likeness (QED) is 0.944. The van der Waals surface area contributed by atoms with Crippen LogP contribution in [0.5, 0.6) is 0 Å². The molecule has 0 saturated carbocycles. The third-order valence-corrected chi connectivity index (χ3v) is 4.42. The Balaban J connectivity index is 1.76. The lowest BCUT2D eigenvalue weighted by molar-refractivity contribution is -0.119. The van der Waals surface area contributed by atoms with Crippen LogP contribution in [0.1, 0.15) is 29.5 Å². The molecule has 1 aliphatic rings. The van der Waals surface area contributed by atoms with Crippen LogP contribution in [0.25, 0.3) is 0 Å². The minimum Gasteiger partial charge on any atom is -0.352 e. The Bertz CT molecular complexity index is 654. The SMILES string of the molecule is CC(=O)N[C@H]1CN(Cc2cccnc2)C[C@@H]1c1ccc(C)cc1. The maximum Gasteiger partial charge on any atom is 0.217 e. The summed E-state index contributed by atoms with van der Waals surface area (Å²) >= 11 is 0. The van der Waals surface area contributed by atoms with Crippen molar-refractivity contribution in [3.05, 3.63) is 65.5 Å². The van der Waals surface area contributed by atoms with E-state index in [-0.39, 0.29) is 11.9 Å². The molecule has 23 heavy (non-hydrogen) atoms. The Morgan fingerprint density at radius 1 is 1.26 bits per heavy atom. The average molecular weight is 309 g/mol. The van der Waals surface area contributed by atoms with Crippen molar-refractivity contribution in [1.82, 2.24) is 15.2 Å². The number of nitrogens with one attached hydrogen (secondary N) is 1. The van der Waals surface area contributed by atoms with Crippen LogP contribution < -0.4 is 5.32 Å². The molecule has 0 aliphatic carbocycles. The molecule has 1 amide bonds. The van der Waals surface area contributed by atoms with Gasteiger partial charge in [0.25, 0.3) is 0 Å². The fraction of sp³-hybridized carbons (Fsp3) is 0.368. The summed E-state index contributed by atoms with van der Waals surface area (Å²) in [6.07, 6.45) is 3.70. The number of pyridine rings is 1. The first kappa shape index (κ1) is 15.7. The van der Waals surface area contributed by atoms with Crippen molar-refractivity contribution in [2.75, 3.05) is 13.1 Å². The Kier molecular flexibility index (Phi) is 4.72. The maximum absolute atomic E-state index is 11.6. The summed E-state index contributed by atoms with van der Waals surface area (Å²) < 4.78 is 0. The zero-order valence-corrected chi connectivity index (χ0v) is 13.7. The van der Waals surface area contributed by atoms with Crippen molar-refractivity contribution in [3.8, 4) is 0 Å². The largest absolute Gasteiger partial charge is 0.352 e. The van der Waals surface area contributed by atoms with E-state index in [0.717, 1.165) is 19.6 Å². The monoisotopic (exact) mass is 309 g/mol. The molecule has 1 aliphatic heterocycles. The molecule has 120 valence electrons. The van der Waals surface area contributed by atoms with Crippen molar-refractivity contribution in [1.29, 1.82) is 0 Å². The zero-order chi connectivity index (χ0) is 16.2. The summed E-state index contributed by atoms with van der Waals surface area (Å²) in [5.74, 6) is 0.367. The predicted molar refractivity (Wildman–Crippen MR) is 91.0 cm³/mol. The highest BCUT2D eigenvalue weighted by molar-refractivity contribution is 5.73. The number of carbonyl (C=O) groups is 1. The standard InChI is InChI=1S/C19H23N3O/c1-14-5-7-17(8-6-14)18-12-22(13-19(18)21-15(2)23)11-16-4-3-9-20-10-16/h3-10,18-19H,11-13H2,1-2H3,(H,21,23)/t18-,19+/m1/s1. The molecule has 2 atom stereocenters. The number of aryl methyl sites for hydroxylation is 1. The molecule has 4 nitrogen and oxygen atoms in total. The van der Waals surface area contributed by atoms with Crippen LogP contribution in [0.15, 0.2) is 48.8 Å². The number of likely N-dealkylation sites (tertiary alicyclic amines) is 1. The first-order valence-corrected chi connectivity index (χ1v) is 8.07. The second-order valence-electron chi connectivity index (χ2n) is 6.38. The van der Waals surface area contributed by atoms with Gasteiger partial charge in [0.1, 0.15) is 0 Å². The lowest BCUT2D eigenvalue weighted by atomic mass is 9.93. The fourth-order valence-electron chi connectivity index (χ4n) is 3.32. The zero-order valence-electron chi connectivity index (χ0n) is 13.7. The van der Waals surface area contributed by atoms with E-state index in [9.17, 15) is 4.79 Å². The number of rotatable bonds is 4. The van der Waals surface area contributed by atoms with E-state index in [1.165, 1.54) is 16.7 Å². The molecule has 1 saturated heterocycles. The van der Waals surface area contributed by atoms with Crippen molar-refractivity contribution in [2.24, 2.45) is 0 Å². The maximum atomic E-state index is 11.6. The molecular weight excluding hydrogens is 286 g/mol. The summed E-state index contributed by atoms with van der Waals surface area (Å²) in [6, 6.07) is 12.9. The van der Waals surface area contributed by atoms with Crippen LogP contribution in [0.2, 0.25) is 0 Å². The molecule has 1 aromatic heterocycles. The number of benzene rings is 1. The first-order chi connectivity index (χ1) is 11.1. The number of carbonyl (C=O) groups excluding carboxylic acids is 1. The van der Waals surface area contributed by atoms with E-state index in [1.807, 2.05) is 12.3 Å². The normalized spacial score (nSPS) is 21.3. The van der Waals surface area contributed by atoms with Gasteiger partial charge in [0.15, 0.2) is 0 Å². The van der Waals surface area contributed by atoms with Crippen LogP contribution in [0, 0.1) is 6.92 Å². The van der Waals surface area contributed by atoms with Crippen molar-refractivity contribution < 1.29 is 4.79 Å². The molecule has 1 N–H and O–H groups in total. The van der Waals surface area contributed by atoms with Crippen LogP contribution in [-0.4, -0.2) is 34.9 Å². The van der Waals surface area contributed by atoms with Gasteiger partial charge in [-0.1, -0.05) is 35.9 Å². The lowest BCUT2D eigenvalue weighted by Gasteiger charge is -2.19. The molecule has 2 aromatic rings. The molecule has 0 spiro atoms. The van der Waals surface area contributed by atoms with Crippen molar-refractivity contribution in [2.45, 2.75) is 32.4 Å². The lowest BCUT2D eigenvalue weighted by Crippen LogP contribution is -2.38. The second-order valence-corrected chi connectivity index (χ2v) is 6.38. The van der Waals surface area contributed by atoms with Gasteiger partial charge in [0.2, 0.25) is 5.91 Å². The van der Waals surface area contributed by atoms with E-state index < -0.39 is 0 Å². The highest BCUT2D eigenvalue weighted by atomic mass is 16.1. The topological polar surface area (TPSA) is 45.2 Å². The van der Waals surface area contributed by atoms with Crippen molar-refractivity contribution >= 4 is 5.91 Å². The Hall–Kier alpha value is -2.20. The van der Waals surface area contributed by atoms with Crippen molar-refractivity contribution in [3.63, 3.8) is 0 Å². The molecule has 4 heteroatoms. The number of nitrogens with zero attached hydrogens (tertiary/aromatic N) is 2. The molecule has 1 fully saturated rings. The smallest absolute Gasteiger partial charge is 0.217 e. The summed E-state index contributed by atoms with van der Waals surface area (Å²) in [5.41, 5.74) is 3.76. The number of amides is 1. The third kappa shape index (κ3) is 3.96. The number of hydrogen-bond donors (Lipinski definition) is 1. The van der Waals surface area contributed by atoms with Gasteiger partial charge >= 0.3 is 0 Å². The van der Waals surface area contributed by atoms with Crippen LogP contribution >= 0.6 is 0 Å². The summed E-state index contributed by atoms with van der Waals surface area (Å²) in [6.45, 7) is 6.37. The van der Waals surface area contributed by atoms with Gasteiger partial charge < -0.3 is 5.32 Å². The Morgan fingerprint density at radius 2 is 2.04 bits per heavy atom. The molecule has 2 heterocycles. The first-order valence-electron chi connectivity index (χ1n) is 8.07. The Labute approximate surface area is 137 Å². The fourth-order valence-corrected chi connectivity index (χ4v) is 3.32. The predicted octanol–water partition coefficient (Wildman–Crippen LogP) is 2.49. The van der Waals surface area contributed by atoms with Crippen LogP contribution in [0.3, 0.4) is 0 Å². The van der Waals surface area contributed by atoms with Crippen LogP contribution in [0.4, 0.5) is 0 Å². The molecule has 0 radical (unpaired) electrons. The molecule has 0 unspecified atom stereocenters. The highest BCUT2D eigenvalue weighted by Gasteiger charge is 2.34. The number of aromatic nitrogens is 1. The molecule has 1 aromatic carbocycles. The van der Waals surface area contributed by atoms with E-state index in [2.05, 4.69) is 52.5 Å². The van der Waals surface area contributed by atoms with Gasteiger partial charge in [-0.05, 0) is 24.1 Å². The van der Waals surface area contributed by atoms with E-state index in [4.69, 9.17) is 0 Å². The van der Waals surface area contributed by atoms with E-state index >= 15 is 0 Å².